The zero-order chi connectivity index (χ0) is 15.4. The van der Waals surface area contributed by atoms with Crippen LogP contribution in [0.25, 0.3) is 0 Å². The Balaban J connectivity index is 2.11. The van der Waals surface area contributed by atoms with Gasteiger partial charge in [0, 0.05) is 6.92 Å². The van der Waals surface area contributed by atoms with Crippen LogP contribution in [0, 0.1) is 5.92 Å². The van der Waals surface area contributed by atoms with E-state index in [1.165, 1.54) is 6.92 Å². The number of benzene rings is 1. The molecule has 0 aromatic heterocycles. The Hall–Kier alpha value is -2.37. The molecule has 21 heavy (non-hydrogen) atoms. The summed E-state index contributed by atoms with van der Waals surface area (Å²) in [6.45, 7) is 1.35. The molecule has 0 radical (unpaired) electrons. The van der Waals surface area contributed by atoms with Gasteiger partial charge in [0.2, 0.25) is 5.91 Å². The number of hydrogen-bond donors (Lipinski definition) is 3. The van der Waals surface area contributed by atoms with Crippen LogP contribution in [0.3, 0.4) is 0 Å². The molecule has 0 aliphatic heterocycles. The van der Waals surface area contributed by atoms with Gasteiger partial charge in [-0.1, -0.05) is 25.0 Å². The van der Waals surface area contributed by atoms with Gasteiger partial charge < -0.3 is 15.7 Å². The van der Waals surface area contributed by atoms with Crippen molar-refractivity contribution in [2.24, 2.45) is 5.92 Å². The quantitative estimate of drug-likeness (QED) is 0.742. The lowest BCUT2D eigenvalue weighted by Gasteiger charge is -2.16. The maximum Gasteiger partial charge on any atom is 0.326 e. The summed E-state index contributed by atoms with van der Waals surface area (Å²) in [5.41, 5.74) is 0.632. The maximum absolute atomic E-state index is 12.2. The highest BCUT2D eigenvalue weighted by molar-refractivity contribution is 6.04. The highest BCUT2D eigenvalue weighted by Gasteiger charge is 2.30. The van der Waals surface area contributed by atoms with E-state index in [0.29, 0.717) is 18.0 Å². The van der Waals surface area contributed by atoms with Crippen molar-refractivity contribution in [1.29, 1.82) is 0 Å². The van der Waals surface area contributed by atoms with Crippen molar-refractivity contribution < 1.29 is 19.5 Å². The van der Waals surface area contributed by atoms with Crippen LogP contribution in [-0.4, -0.2) is 28.9 Å². The van der Waals surface area contributed by atoms with E-state index in [0.717, 1.165) is 12.8 Å². The third-order valence-electron chi connectivity index (χ3n) is 3.35. The predicted octanol–water partition coefficient (Wildman–Crippen LogP) is 1.63. The molecule has 1 aliphatic carbocycles. The standard InChI is InChI=1S/C15H18N2O4/c1-9(18)16-12-5-3-2-4-11(12)14(19)17-13(15(20)21)8-10-6-7-10/h2-5,10,13H,6-8H2,1H3,(H,16,18)(H,17,19)(H,20,21)/t13-/m0/s1. The van der Waals surface area contributed by atoms with Crippen LogP contribution >= 0.6 is 0 Å². The van der Waals surface area contributed by atoms with Crippen LogP contribution in [0.2, 0.25) is 0 Å². The van der Waals surface area contributed by atoms with Crippen molar-refractivity contribution in [3.63, 3.8) is 0 Å². The largest absolute Gasteiger partial charge is 0.480 e. The highest BCUT2D eigenvalue weighted by atomic mass is 16.4. The lowest BCUT2D eigenvalue weighted by molar-refractivity contribution is -0.139. The van der Waals surface area contributed by atoms with Gasteiger partial charge >= 0.3 is 5.97 Å². The Kier molecular flexibility index (Phi) is 4.57. The summed E-state index contributed by atoms with van der Waals surface area (Å²) in [5, 5.41) is 14.3. The Morgan fingerprint density at radius 2 is 1.95 bits per heavy atom. The minimum atomic E-state index is -1.03. The van der Waals surface area contributed by atoms with Gasteiger partial charge in [-0.05, 0) is 24.5 Å². The molecule has 1 aromatic carbocycles. The molecule has 0 spiro atoms. The van der Waals surface area contributed by atoms with Crippen LogP contribution in [0.5, 0.6) is 0 Å². The summed E-state index contributed by atoms with van der Waals surface area (Å²) >= 11 is 0. The van der Waals surface area contributed by atoms with E-state index in [9.17, 15) is 19.5 Å². The topological polar surface area (TPSA) is 95.5 Å². The van der Waals surface area contributed by atoms with Gasteiger partial charge in [-0.25, -0.2) is 4.79 Å². The maximum atomic E-state index is 12.2. The molecule has 112 valence electrons. The van der Waals surface area contributed by atoms with Gasteiger partial charge in [0.05, 0.1) is 11.3 Å². The lowest BCUT2D eigenvalue weighted by atomic mass is 10.1. The molecule has 1 atom stereocenters. The van der Waals surface area contributed by atoms with Crippen LogP contribution in [0.15, 0.2) is 24.3 Å². The molecular formula is C15H18N2O4. The summed E-state index contributed by atoms with van der Waals surface area (Å²) in [6, 6.07) is 5.62. The van der Waals surface area contributed by atoms with E-state index >= 15 is 0 Å². The molecule has 3 N–H and O–H groups in total. The third kappa shape index (κ3) is 4.30. The zero-order valence-corrected chi connectivity index (χ0v) is 11.8. The first-order chi connectivity index (χ1) is 9.97. The minimum Gasteiger partial charge on any atom is -0.480 e. The van der Waals surface area contributed by atoms with Crippen LogP contribution < -0.4 is 10.6 Å². The first kappa shape index (κ1) is 15.0. The first-order valence-corrected chi connectivity index (χ1v) is 6.87. The normalized spacial score (nSPS) is 15.1. The van der Waals surface area contributed by atoms with E-state index in [2.05, 4.69) is 10.6 Å². The summed E-state index contributed by atoms with van der Waals surface area (Å²) in [7, 11) is 0. The van der Waals surface area contributed by atoms with Crippen molar-refractivity contribution in [1.82, 2.24) is 5.32 Å². The number of anilines is 1. The predicted molar refractivity (Wildman–Crippen MR) is 77.0 cm³/mol. The molecule has 2 rings (SSSR count). The Bertz CT molecular complexity index is 567. The van der Waals surface area contributed by atoms with Gasteiger partial charge in [0.15, 0.2) is 0 Å². The lowest BCUT2D eigenvalue weighted by Crippen LogP contribution is -2.41. The van der Waals surface area contributed by atoms with E-state index in [1.54, 1.807) is 24.3 Å². The second-order valence-corrected chi connectivity index (χ2v) is 5.27. The van der Waals surface area contributed by atoms with Gasteiger partial charge in [-0.3, -0.25) is 9.59 Å². The second-order valence-electron chi connectivity index (χ2n) is 5.27. The number of carboxylic acid groups (broad SMARTS) is 1. The molecule has 1 aromatic rings. The average Bonchev–Trinajstić information content (AvgIpc) is 3.21. The zero-order valence-electron chi connectivity index (χ0n) is 11.8. The van der Waals surface area contributed by atoms with Gasteiger partial charge in [-0.2, -0.15) is 0 Å². The average molecular weight is 290 g/mol. The molecule has 1 fully saturated rings. The van der Waals surface area contributed by atoms with Gasteiger partial charge in [-0.15, -0.1) is 0 Å². The molecule has 0 saturated heterocycles. The molecule has 2 amide bonds. The summed E-state index contributed by atoms with van der Waals surface area (Å²) in [5.74, 6) is -1.43. The van der Waals surface area contributed by atoms with E-state index in [-0.39, 0.29) is 11.5 Å². The molecular weight excluding hydrogens is 272 g/mol. The number of nitrogens with one attached hydrogen (secondary N) is 2. The number of carbonyl (C=O) groups is 3. The van der Waals surface area contributed by atoms with Crippen molar-refractivity contribution in [3.05, 3.63) is 29.8 Å². The van der Waals surface area contributed by atoms with E-state index in [4.69, 9.17) is 0 Å². The molecule has 0 bridgehead atoms. The molecule has 6 nitrogen and oxygen atoms in total. The van der Waals surface area contributed by atoms with Crippen LogP contribution in [0.1, 0.15) is 36.5 Å². The van der Waals surface area contributed by atoms with Crippen molar-refractivity contribution in [3.8, 4) is 0 Å². The monoisotopic (exact) mass is 290 g/mol. The van der Waals surface area contributed by atoms with Gasteiger partial charge in [0.1, 0.15) is 6.04 Å². The number of carbonyl (C=O) groups excluding carboxylic acids is 2. The fraction of sp³-hybridized carbons (Fsp3) is 0.400. The molecule has 6 heteroatoms. The summed E-state index contributed by atoms with van der Waals surface area (Å²) in [4.78, 5) is 34.6. The number of carboxylic acids is 1. The number of para-hydroxylation sites is 1. The van der Waals surface area contributed by atoms with Crippen molar-refractivity contribution >= 4 is 23.5 Å². The second kappa shape index (κ2) is 6.39. The Morgan fingerprint density at radius 1 is 1.29 bits per heavy atom. The molecule has 1 saturated carbocycles. The first-order valence-electron chi connectivity index (χ1n) is 6.87. The van der Waals surface area contributed by atoms with Crippen molar-refractivity contribution in [2.45, 2.75) is 32.2 Å². The van der Waals surface area contributed by atoms with Crippen molar-refractivity contribution in [2.75, 3.05) is 5.32 Å². The molecule has 0 unspecified atom stereocenters. The third-order valence-corrected chi connectivity index (χ3v) is 3.35. The molecule has 0 heterocycles. The fourth-order valence-electron chi connectivity index (χ4n) is 2.12. The number of amides is 2. The van der Waals surface area contributed by atoms with Gasteiger partial charge in [0.25, 0.3) is 5.91 Å². The Labute approximate surface area is 122 Å². The minimum absolute atomic E-state index is 0.259. The molecule has 1 aliphatic rings. The fourth-order valence-corrected chi connectivity index (χ4v) is 2.12. The van der Waals surface area contributed by atoms with Crippen LogP contribution in [-0.2, 0) is 9.59 Å². The number of hydrogen-bond acceptors (Lipinski definition) is 3. The Morgan fingerprint density at radius 3 is 2.52 bits per heavy atom. The SMILES string of the molecule is CC(=O)Nc1ccccc1C(=O)N[C@@H](CC1CC1)C(=O)O. The summed E-state index contributed by atoms with van der Waals surface area (Å²) < 4.78 is 0. The summed E-state index contributed by atoms with van der Waals surface area (Å²) in [6.07, 6.45) is 2.48. The number of rotatable bonds is 6. The highest BCUT2D eigenvalue weighted by Crippen LogP contribution is 2.33. The smallest absolute Gasteiger partial charge is 0.326 e. The number of aliphatic carboxylic acids is 1. The van der Waals surface area contributed by atoms with E-state index in [1.807, 2.05) is 0 Å². The van der Waals surface area contributed by atoms with E-state index < -0.39 is 17.9 Å². The van der Waals surface area contributed by atoms with Crippen LogP contribution in [0.4, 0.5) is 5.69 Å².